The molecule has 7 nitrogen and oxygen atoms in total. The molecule has 0 unspecified atom stereocenters. The number of nitrogens with one attached hydrogen (secondary N) is 1. The topological polar surface area (TPSA) is 74.7 Å². The third-order valence-corrected chi connectivity index (χ3v) is 4.54. The number of ether oxygens (including phenoxy) is 4. The molecule has 0 atom stereocenters. The number of para-hydroxylation sites is 2. The summed E-state index contributed by atoms with van der Waals surface area (Å²) in [6.07, 6.45) is 0. The Kier molecular flexibility index (Phi) is 6.32. The largest absolute Gasteiger partial charge is 0.493 e. The first kappa shape index (κ1) is 20.3. The summed E-state index contributed by atoms with van der Waals surface area (Å²) in [5, 5.41) is 4.11. The summed E-state index contributed by atoms with van der Waals surface area (Å²) in [7, 11) is 3.19. The lowest BCUT2D eigenvalue weighted by molar-refractivity contribution is 0.332. The fourth-order valence-electron chi connectivity index (χ4n) is 3.06. The highest BCUT2D eigenvalue weighted by atomic mass is 16.5. The highest BCUT2D eigenvalue weighted by molar-refractivity contribution is 5.92. The fourth-order valence-corrected chi connectivity index (χ4v) is 3.06. The molecular weight excluding hydrogens is 394 g/mol. The summed E-state index contributed by atoms with van der Waals surface area (Å²) in [5.41, 5.74) is 0.671. The maximum atomic E-state index is 5.87. The molecule has 3 aromatic carbocycles. The van der Waals surface area contributed by atoms with Crippen molar-refractivity contribution in [1.29, 1.82) is 0 Å². The second-order valence-electron chi connectivity index (χ2n) is 6.58. The van der Waals surface area contributed by atoms with E-state index >= 15 is 0 Å². The lowest BCUT2D eigenvalue weighted by atomic mass is 10.2. The molecule has 4 aromatic rings. The Hall–Kier alpha value is -4.00. The number of nitrogens with zero attached hydrogens (tertiary/aromatic N) is 2. The van der Waals surface area contributed by atoms with Gasteiger partial charge in [0.2, 0.25) is 0 Å². The smallest absolute Gasteiger partial charge is 0.324 e. The van der Waals surface area contributed by atoms with Gasteiger partial charge in [-0.3, -0.25) is 0 Å². The Balaban J connectivity index is 1.61. The van der Waals surface area contributed by atoms with E-state index in [4.69, 9.17) is 18.9 Å². The maximum Gasteiger partial charge on any atom is 0.324 e. The highest BCUT2D eigenvalue weighted by Gasteiger charge is 2.14. The molecule has 31 heavy (non-hydrogen) atoms. The molecule has 0 radical (unpaired) electrons. The Labute approximate surface area is 180 Å². The molecule has 0 bridgehead atoms. The molecular formula is C24H23N3O4. The SMILES string of the molecule is COc1cc2nc(Oc3ccccc3)nc(NCCOc3ccccc3)c2cc1OC. The third-order valence-electron chi connectivity index (χ3n) is 4.54. The van der Waals surface area contributed by atoms with Gasteiger partial charge in [-0.15, -0.1) is 0 Å². The lowest BCUT2D eigenvalue weighted by Gasteiger charge is -2.14. The van der Waals surface area contributed by atoms with Crippen LogP contribution in [0.3, 0.4) is 0 Å². The predicted octanol–water partition coefficient (Wildman–Crippen LogP) is 4.93. The Morgan fingerprint density at radius 3 is 2.10 bits per heavy atom. The molecule has 0 aliphatic rings. The van der Waals surface area contributed by atoms with Gasteiger partial charge in [-0.1, -0.05) is 36.4 Å². The van der Waals surface area contributed by atoms with Crippen LogP contribution >= 0.6 is 0 Å². The van der Waals surface area contributed by atoms with Crippen LogP contribution in [-0.2, 0) is 0 Å². The summed E-state index contributed by atoms with van der Waals surface area (Å²) >= 11 is 0. The zero-order valence-corrected chi connectivity index (χ0v) is 17.4. The van der Waals surface area contributed by atoms with Crippen molar-refractivity contribution < 1.29 is 18.9 Å². The molecule has 0 saturated heterocycles. The van der Waals surface area contributed by atoms with Gasteiger partial charge < -0.3 is 24.3 Å². The molecule has 1 N–H and O–H groups in total. The van der Waals surface area contributed by atoms with Crippen LogP contribution in [0.2, 0.25) is 0 Å². The number of benzene rings is 3. The molecule has 4 rings (SSSR count). The van der Waals surface area contributed by atoms with Gasteiger partial charge in [-0.05, 0) is 30.3 Å². The predicted molar refractivity (Wildman–Crippen MR) is 120 cm³/mol. The first-order chi connectivity index (χ1) is 15.3. The van der Waals surface area contributed by atoms with Crippen molar-refractivity contribution in [2.45, 2.75) is 0 Å². The molecule has 0 amide bonds. The van der Waals surface area contributed by atoms with Crippen LogP contribution in [0.4, 0.5) is 5.82 Å². The zero-order valence-electron chi connectivity index (χ0n) is 17.4. The molecule has 1 heterocycles. The molecule has 1 aromatic heterocycles. The van der Waals surface area contributed by atoms with E-state index in [-0.39, 0.29) is 6.01 Å². The average Bonchev–Trinajstić information content (AvgIpc) is 2.82. The summed E-state index contributed by atoms with van der Waals surface area (Å²) < 4.78 is 22.5. The summed E-state index contributed by atoms with van der Waals surface area (Å²) in [6, 6.07) is 23.0. The first-order valence-corrected chi connectivity index (χ1v) is 9.85. The van der Waals surface area contributed by atoms with E-state index in [1.54, 1.807) is 20.3 Å². The molecule has 158 valence electrons. The number of hydrogen-bond acceptors (Lipinski definition) is 7. The van der Waals surface area contributed by atoms with Crippen LogP contribution in [0.1, 0.15) is 0 Å². The summed E-state index contributed by atoms with van der Waals surface area (Å²) in [4.78, 5) is 9.13. The normalized spacial score (nSPS) is 10.5. The minimum Gasteiger partial charge on any atom is -0.493 e. The van der Waals surface area contributed by atoms with Crippen molar-refractivity contribution in [2.24, 2.45) is 0 Å². The van der Waals surface area contributed by atoms with E-state index in [0.29, 0.717) is 41.7 Å². The maximum absolute atomic E-state index is 5.87. The molecule has 0 saturated carbocycles. The van der Waals surface area contributed by atoms with Crippen LogP contribution in [0.5, 0.6) is 29.0 Å². The van der Waals surface area contributed by atoms with Crippen molar-refractivity contribution in [3.63, 3.8) is 0 Å². The minimum absolute atomic E-state index is 0.234. The summed E-state index contributed by atoms with van der Waals surface area (Å²) in [5.74, 6) is 3.27. The van der Waals surface area contributed by atoms with E-state index in [2.05, 4.69) is 15.3 Å². The van der Waals surface area contributed by atoms with Gasteiger partial charge in [0.25, 0.3) is 0 Å². The number of aromatic nitrogens is 2. The van der Waals surface area contributed by atoms with Crippen molar-refractivity contribution in [3.8, 4) is 29.0 Å². The van der Waals surface area contributed by atoms with E-state index in [1.165, 1.54) is 0 Å². The number of anilines is 1. The molecule has 0 fully saturated rings. The van der Waals surface area contributed by atoms with Gasteiger partial charge in [0.1, 0.15) is 23.9 Å². The van der Waals surface area contributed by atoms with Crippen LogP contribution in [-0.4, -0.2) is 37.3 Å². The van der Waals surface area contributed by atoms with Crippen molar-refractivity contribution >= 4 is 16.7 Å². The van der Waals surface area contributed by atoms with Crippen molar-refractivity contribution in [2.75, 3.05) is 32.7 Å². The first-order valence-electron chi connectivity index (χ1n) is 9.85. The Bertz CT molecular complexity index is 1140. The summed E-state index contributed by atoms with van der Waals surface area (Å²) in [6.45, 7) is 1.01. The van der Waals surface area contributed by atoms with Gasteiger partial charge >= 0.3 is 6.01 Å². The van der Waals surface area contributed by atoms with Crippen molar-refractivity contribution in [1.82, 2.24) is 9.97 Å². The molecule has 0 aliphatic carbocycles. The number of fused-ring (bicyclic) bond motifs is 1. The molecule has 7 heteroatoms. The van der Waals surface area contributed by atoms with Crippen LogP contribution < -0.4 is 24.3 Å². The highest BCUT2D eigenvalue weighted by Crippen LogP contribution is 2.35. The molecule has 0 aliphatic heterocycles. The Morgan fingerprint density at radius 1 is 0.774 bits per heavy atom. The Morgan fingerprint density at radius 2 is 1.42 bits per heavy atom. The fraction of sp³-hybridized carbons (Fsp3) is 0.167. The van der Waals surface area contributed by atoms with Crippen LogP contribution in [0.25, 0.3) is 10.9 Å². The van der Waals surface area contributed by atoms with Crippen LogP contribution in [0, 0.1) is 0 Å². The van der Waals surface area contributed by atoms with E-state index < -0.39 is 0 Å². The van der Waals surface area contributed by atoms with E-state index in [0.717, 1.165) is 11.1 Å². The quantitative estimate of drug-likeness (QED) is 0.387. The van der Waals surface area contributed by atoms with Crippen molar-refractivity contribution in [3.05, 3.63) is 72.8 Å². The zero-order chi connectivity index (χ0) is 21.5. The standard InChI is InChI=1S/C24H23N3O4/c1-28-21-15-19-20(16-22(21)29-2)26-24(31-18-11-7-4-8-12-18)27-23(19)25-13-14-30-17-9-5-3-6-10-17/h3-12,15-16H,13-14H2,1-2H3,(H,25,26,27). The van der Waals surface area contributed by atoms with Gasteiger partial charge in [0, 0.05) is 11.5 Å². The second kappa shape index (κ2) is 9.67. The minimum atomic E-state index is 0.234. The monoisotopic (exact) mass is 417 g/mol. The van der Waals surface area contributed by atoms with Gasteiger partial charge in [0.05, 0.1) is 26.3 Å². The number of methoxy groups -OCH3 is 2. The van der Waals surface area contributed by atoms with Gasteiger partial charge in [0.15, 0.2) is 11.5 Å². The number of rotatable bonds is 9. The lowest BCUT2D eigenvalue weighted by Crippen LogP contribution is -2.13. The third kappa shape index (κ3) is 4.95. The average molecular weight is 417 g/mol. The van der Waals surface area contributed by atoms with E-state index in [9.17, 15) is 0 Å². The second-order valence-corrected chi connectivity index (χ2v) is 6.58. The number of hydrogen-bond donors (Lipinski definition) is 1. The van der Waals surface area contributed by atoms with Gasteiger partial charge in [-0.2, -0.15) is 9.97 Å². The van der Waals surface area contributed by atoms with E-state index in [1.807, 2.05) is 66.7 Å². The molecule has 0 spiro atoms. The van der Waals surface area contributed by atoms with Crippen LogP contribution in [0.15, 0.2) is 72.8 Å². The van der Waals surface area contributed by atoms with Gasteiger partial charge in [-0.25, -0.2) is 0 Å².